The number of oxazole rings is 1. The van der Waals surface area contributed by atoms with E-state index in [2.05, 4.69) is 15.2 Å². The van der Waals surface area contributed by atoms with Crippen LogP contribution in [0.1, 0.15) is 32.5 Å². The smallest absolute Gasteiger partial charge is 0.210 e. The molecule has 0 radical (unpaired) electrons. The predicted molar refractivity (Wildman–Crippen MR) is 95.4 cm³/mol. The van der Waals surface area contributed by atoms with Crippen molar-refractivity contribution in [2.75, 3.05) is 5.84 Å². The van der Waals surface area contributed by atoms with E-state index >= 15 is 0 Å². The van der Waals surface area contributed by atoms with Crippen LogP contribution in [0.5, 0.6) is 0 Å². The molecule has 126 valence electrons. The molecule has 0 bridgehead atoms. The van der Waals surface area contributed by atoms with Crippen LogP contribution in [0.2, 0.25) is 5.02 Å². The first-order chi connectivity index (χ1) is 11.3. The van der Waals surface area contributed by atoms with Crippen LogP contribution in [0.4, 0.5) is 0 Å². The monoisotopic (exact) mass is 363 g/mol. The van der Waals surface area contributed by atoms with Gasteiger partial charge < -0.3 is 10.3 Å². The molecule has 0 aliphatic rings. The second-order valence-corrected chi connectivity index (χ2v) is 7.72. The minimum absolute atomic E-state index is 0.161. The lowest BCUT2D eigenvalue weighted by molar-refractivity contribution is 0.522. The molecule has 0 atom stereocenters. The number of hydrogen-bond donors (Lipinski definition) is 1. The molecular formula is C16H18ClN5OS. The molecule has 8 heteroatoms. The standard InChI is InChI=1S/C16H18ClN5OS/c1-16(2,3)14-20-21-15(22(14)18)24-9-13-19-8-12(23-13)10-4-6-11(17)7-5-10/h4-8H,9,18H2,1-3H3. The molecule has 6 nitrogen and oxygen atoms in total. The molecule has 0 saturated heterocycles. The summed E-state index contributed by atoms with van der Waals surface area (Å²) in [7, 11) is 0. The summed E-state index contributed by atoms with van der Waals surface area (Å²) < 4.78 is 7.29. The summed E-state index contributed by atoms with van der Waals surface area (Å²) in [6.45, 7) is 6.13. The summed E-state index contributed by atoms with van der Waals surface area (Å²) in [6, 6.07) is 7.43. The molecule has 0 amide bonds. The van der Waals surface area contributed by atoms with Crippen LogP contribution in [0.3, 0.4) is 0 Å². The second kappa shape index (κ2) is 6.49. The van der Waals surface area contributed by atoms with Crippen molar-refractivity contribution < 1.29 is 4.42 Å². The van der Waals surface area contributed by atoms with Crippen molar-refractivity contribution in [3.63, 3.8) is 0 Å². The molecule has 2 N–H and O–H groups in total. The number of halogens is 1. The lowest BCUT2D eigenvalue weighted by Gasteiger charge is -2.16. The Bertz CT molecular complexity index is 835. The summed E-state index contributed by atoms with van der Waals surface area (Å²) >= 11 is 7.33. The first-order valence-electron chi connectivity index (χ1n) is 7.39. The normalized spacial score (nSPS) is 11.8. The highest BCUT2D eigenvalue weighted by Gasteiger charge is 2.23. The Morgan fingerprint density at radius 1 is 1.21 bits per heavy atom. The molecule has 0 unspecified atom stereocenters. The Morgan fingerprint density at radius 3 is 2.54 bits per heavy atom. The molecule has 0 fully saturated rings. The quantitative estimate of drug-likeness (QED) is 0.559. The molecule has 0 saturated carbocycles. The van der Waals surface area contributed by atoms with Gasteiger partial charge in [0, 0.05) is 16.0 Å². The zero-order chi connectivity index (χ0) is 17.3. The van der Waals surface area contributed by atoms with Crippen molar-refractivity contribution in [1.29, 1.82) is 0 Å². The molecular weight excluding hydrogens is 346 g/mol. The van der Waals surface area contributed by atoms with E-state index in [-0.39, 0.29) is 5.41 Å². The Kier molecular flexibility index (Phi) is 4.56. The summed E-state index contributed by atoms with van der Waals surface area (Å²) in [4.78, 5) is 4.30. The van der Waals surface area contributed by atoms with Crippen LogP contribution in [0.25, 0.3) is 11.3 Å². The van der Waals surface area contributed by atoms with Gasteiger partial charge in [-0.25, -0.2) is 9.66 Å². The first-order valence-corrected chi connectivity index (χ1v) is 8.75. The Morgan fingerprint density at radius 2 is 1.92 bits per heavy atom. The third-order valence-corrected chi connectivity index (χ3v) is 4.52. The lowest BCUT2D eigenvalue weighted by Crippen LogP contribution is -2.24. The van der Waals surface area contributed by atoms with E-state index in [1.807, 2.05) is 45.0 Å². The van der Waals surface area contributed by atoms with E-state index < -0.39 is 0 Å². The van der Waals surface area contributed by atoms with Crippen LogP contribution < -0.4 is 5.84 Å². The highest BCUT2D eigenvalue weighted by molar-refractivity contribution is 7.98. The molecule has 0 aliphatic carbocycles. The van der Waals surface area contributed by atoms with E-state index in [1.54, 1.807) is 6.20 Å². The Hall–Kier alpha value is -1.99. The largest absolute Gasteiger partial charge is 0.440 e. The van der Waals surface area contributed by atoms with E-state index in [0.29, 0.717) is 27.6 Å². The summed E-state index contributed by atoms with van der Waals surface area (Å²) in [5, 5.41) is 9.62. The molecule has 3 rings (SSSR count). The van der Waals surface area contributed by atoms with Gasteiger partial charge in [-0.2, -0.15) is 0 Å². The van der Waals surface area contributed by atoms with Gasteiger partial charge in [0.15, 0.2) is 11.6 Å². The molecule has 2 heterocycles. The number of nitrogen functional groups attached to an aromatic ring is 1. The molecule has 1 aromatic carbocycles. The summed E-state index contributed by atoms with van der Waals surface area (Å²) in [6.07, 6.45) is 1.70. The third-order valence-electron chi connectivity index (χ3n) is 3.34. The van der Waals surface area contributed by atoms with Gasteiger partial charge in [0.1, 0.15) is 0 Å². The number of hydrogen-bond acceptors (Lipinski definition) is 6. The fourth-order valence-corrected chi connectivity index (χ4v) is 2.97. The van der Waals surface area contributed by atoms with Crippen molar-refractivity contribution in [3.05, 3.63) is 47.2 Å². The maximum Gasteiger partial charge on any atom is 0.210 e. The maximum absolute atomic E-state index is 6.07. The fraction of sp³-hybridized carbons (Fsp3) is 0.312. The number of rotatable bonds is 4. The number of benzene rings is 1. The van der Waals surface area contributed by atoms with Gasteiger partial charge in [-0.1, -0.05) is 44.1 Å². The van der Waals surface area contributed by atoms with Crippen LogP contribution in [-0.4, -0.2) is 19.9 Å². The van der Waals surface area contributed by atoms with Gasteiger partial charge in [0.05, 0.1) is 11.9 Å². The van der Waals surface area contributed by atoms with Gasteiger partial charge >= 0.3 is 0 Å². The number of nitrogens with two attached hydrogens (primary N) is 1. The molecule has 2 aromatic heterocycles. The Labute approximate surface area is 149 Å². The average molecular weight is 364 g/mol. The number of thioether (sulfide) groups is 1. The van der Waals surface area contributed by atoms with Crippen molar-refractivity contribution in [2.45, 2.75) is 37.1 Å². The van der Waals surface area contributed by atoms with Crippen LogP contribution in [-0.2, 0) is 11.2 Å². The van der Waals surface area contributed by atoms with E-state index in [9.17, 15) is 0 Å². The van der Waals surface area contributed by atoms with E-state index in [0.717, 1.165) is 11.4 Å². The Balaban J connectivity index is 1.70. The highest BCUT2D eigenvalue weighted by Crippen LogP contribution is 2.27. The van der Waals surface area contributed by atoms with Crippen molar-refractivity contribution in [1.82, 2.24) is 19.9 Å². The summed E-state index contributed by atoms with van der Waals surface area (Å²) in [5.41, 5.74) is 0.769. The van der Waals surface area contributed by atoms with Gasteiger partial charge in [-0.05, 0) is 24.3 Å². The van der Waals surface area contributed by atoms with Crippen LogP contribution in [0, 0.1) is 0 Å². The SMILES string of the molecule is CC(C)(C)c1nnc(SCc2ncc(-c3ccc(Cl)cc3)o2)n1N. The van der Waals surface area contributed by atoms with Gasteiger partial charge in [0.25, 0.3) is 0 Å². The van der Waals surface area contributed by atoms with E-state index in [1.165, 1.54) is 16.4 Å². The molecule has 24 heavy (non-hydrogen) atoms. The highest BCUT2D eigenvalue weighted by atomic mass is 35.5. The van der Waals surface area contributed by atoms with Crippen LogP contribution >= 0.6 is 23.4 Å². The number of nitrogens with zero attached hydrogens (tertiary/aromatic N) is 4. The zero-order valence-electron chi connectivity index (χ0n) is 13.7. The van der Waals surface area contributed by atoms with Gasteiger partial charge in [0.2, 0.25) is 11.0 Å². The lowest BCUT2D eigenvalue weighted by atomic mass is 9.96. The van der Waals surface area contributed by atoms with Crippen molar-refractivity contribution in [2.24, 2.45) is 0 Å². The van der Waals surface area contributed by atoms with Gasteiger partial charge in [-0.15, -0.1) is 10.2 Å². The fourth-order valence-electron chi connectivity index (χ4n) is 2.14. The van der Waals surface area contributed by atoms with E-state index in [4.69, 9.17) is 21.9 Å². The minimum atomic E-state index is -0.161. The minimum Gasteiger partial charge on any atom is -0.440 e. The first kappa shape index (κ1) is 16.9. The molecule has 0 aliphatic heterocycles. The number of aromatic nitrogens is 4. The third kappa shape index (κ3) is 3.57. The summed E-state index contributed by atoms with van der Waals surface area (Å²) in [5.74, 6) is 8.63. The second-order valence-electron chi connectivity index (χ2n) is 6.34. The molecule has 0 spiro atoms. The average Bonchev–Trinajstić information content (AvgIpc) is 3.12. The topological polar surface area (TPSA) is 82.8 Å². The van der Waals surface area contributed by atoms with Crippen LogP contribution in [0.15, 0.2) is 40.0 Å². The zero-order valence-corrected chi connectivity index (χ0v) is 15.2. The van der Waals surface area contributed by atoms with Crippen molar-refractivity contribution >= 4 is 23.4 Å². The predicted octanol–water partition coefficient (Wildman–Crippen LogP) is 3.89. The maximum atomic E-state index is 6.07. The van der Waals surface area contributed by atoms with Gasteiger partial charge in [-0.3, -0.25) is 0 Å². The van der Waals surface area contributed by atoms with Crippen molar-refractivity contribution in [3.8, 4) is 11.3 Å². The molecule has 3 aromatic rings.